The van der Waals surface area contributed by atoms with Crippen molar-refractivity contribution in [3.8, 4) is 11.5 Å². The minimum Gasteiger partial charge on any atom is -0.486 e. The predicted molar refractivity (Wildman–Crippen MR) is 65.4 cm³/mol. The van der Waals surface area contributed by atoms with E-state index in [0.717, 1.165) is 17.9 Å². The molecule has 94 valence electrons. The first kappa shape index (κ1) is 12.2. The van der Waals surface area contributed by atoms with Crippen LogP contribution in [-0.4, -0.2) is 32.0 Å². The highest BCUT2D eigenvalue weighted by Gasteiger charge is 2.20. The van der Waals surface area contributed by atoms with Crippen LogP contribution in [0.4, 0.5) is 0 Å². The van der Waals surface area contributed by atoms with Crippen molar-refractivity contribution in [3.05, 3.63) is 24.3 Å². The van der Waals surface area contributed by atoms with Crippen LogP contribution in [0, 0.1) is 0 Å². The van der Waals surface area contributed by atoms with E-state index < -0.39 is 0 Å². The van der Waals surface area contributed by atoms with Gasteiger partial charge in [-0.1, -0.05) is 19.1 Å². The topological polar surface area (TPSA) is 53.7 Å². The Bertz CT molecular complexity index is 356. The van der Waals surface area contributed by atoms with Crippen LogP contribution in [-0.2, 0) is 4.74 Å². The van der Waals surface area contributed by atoms with E-state index in [9.17, 15) is 0 Å². The van der Waals surface area contributed by atoms with Crippen LogP contribution >= 0.6 is 0 Å². The van der Waals surface area contributed by atoms with Crippen molar-refractivity contribution in [1.82, 2.24) is 0 Å². The van der Waals surface area contributed by atoms with Crippen molar-refractivity contribution in [2.75, 3.05) is 19.8 Å². The first-order valence-corrected chi connectivity index (χ1v) is 6.01. The summed E-state index contributed by atoms with van der Waals surface area (Å²) in [4.78, 5) is 0. The van der Waals surface area contributed by atoms with Crippen LogP contribution < -0.4 is 15.2 Å². The number of rotatable bonds is 5. The Balaban J connectivity index is 1.78. The molecule has 2 rings (SSSR count). The van der Waals surface area contributed by atoms with Gasteiger partial charge in [0.25, 0.3) is 0 Å². The average molecular weight is 237 g/mol. The molecule has 0 fully saturated rings. The lowest BCUT2D eigenvalue weighted by Crippen LogP contribution is -2.35. The van der Waals surface area contributed by atoms with Crippen LogP contribution in [0.3, 0.4) is 0 Å². The molecule has 0 saturated carbocycles. The molecule has 1 aromatic rings. The van der Waals surface area contributed by atoms with Gasteiger partial charge in [0.15, 0.2) is 17.6 Å². The van der Waals surface area contributed by atoms with Crippen LogP contribution in [0.5, 0.6) is 11.5 Å². The monoisotopic (exact) mass is 237 g/mol. The fourth-order valence-corrected chi connectivity index (χ4v) is 1.61. The highest BCUT2D eigenvalue weighted by Crippen LogP contribution is 2.30. The van der Waals surface area contributed by atoms with Crippen molar-refractivity contribution in [2.24, 2.45) is 5.73 Å². The van der Waals surface area contributed by atoms with Gasteiger partial charge in [0.05, 0.1) is 13.2 Å². The summed E-state index contributed by atoms with van der Waals surface area (Å²) < 4.78 is 16.9. The lowest BCUT2D eigenvalue weighted by atomic mass is 10.2. The molecule has 2 atom stereocenters. The third kappa shape index (κ3) is 3.35. The zero-order valence-corrected chi connectivity index (χ0v) is 10.1. The van der Waals surface area contributed by atoms with Gasteiger partial charge in [0, 0.05) is 6.04 Å². The molecule has 1 aromatic carbocycles. The Hall–Kier alpha value is -1.26. The maximum atomic E-state index is 5.77. The molecule has 1 heterocycles. The summed E-state index contributed by atoms with van der Waals surface area (Å²) in [6.45, 7) is 3.66. The van der Waals surface area contributed by atoms with Crippen LogP contribution in [0.1, 0.15) is 13.3 Å². The Kier molecular flexibility index (Phi) is 4.23. The first-order chi connectivity index (χ1) is 8.29. The normalized spacial score (nSPS) is 20.0. The molecule has 4 heteroatoms. The molecule has 4 nitrogen and oxygen atoms in total. The number of para-hydroxylation sites is 2. The molecule has 1 aliphatic heterocycles. The van der Waals surface area contributed by atoms with Crippen molar-refractivity contribution in [1.29, 1.82) is 0 Å². The summed E-state index contributed by atoms with van der Waals surface area (Å²) in [6.07, 6.45) is 0.874. The summed E-state index contributed by atoms with van der Waals surface area (Å²) >= 11 is 0. The second kappa shape index (κ2) is 5.89. The number of hydrogen-bond acceptors (Lipinski definition) is 4. The zero-order chi connectivity index (χ0) is 12.1. The van der Waals surface area contributed by atoms with Gasteiger partial charge < -0.3 is 19.9 Å². The van der Waals surface area contributed by atoms with Gasteiger partial charge in [-0.15, -0.1) is 0 Å². The minimum absolute atomic E-state index is 0.0473. The fourth-order valence-electron chi connectivity index (χ4n) is 1.61. The van der Waals surface area contributed by atoms with E-state index >= 15 is 0 Å². The highest BCUT2D eigenvalue weighted by molar-refractivity contribution is 5.40. The molecule has 0 amide bonds. The maximum absolute atomic E-state index is 5.77. The molecule has 0 saturated heterocycles. The Morgan fingerprint density at radius 2 is 2.18 bits per heavy atom. The molecule has 0 aliphatic carbocycles. The number of fused-ring (bicyclic) bond motifs is 1. The zero-order valence-electron chi connectivity index (χ0n) is 10.1. The van der Waals surface area contributed by atoms with Gasteiger partial charge in [-0.05, 0) is 18.6 Å². The van der Waals surface area contributed by atoms with Gasteiger partial charge in [-0.25, -0.2) is 0 Å². The standard InChI is InChI=1S/C13H19NO3/c1-2-10(14)7-15-8-11-9-16-12-5-3-4-6-13(12)17-11/h3-6,10-11H,2,7-9,14H2,1H3. The van der Waals surface area contributed by atoms with Crippen molar-refractivity contribution in [3.63, 3.8) is 0 Å². The molecule has 0 bridgehead atoms. The summed E-state index contributed by atoms with van der Waals surface area (Å²) in [5.41, 5.74) is 5.77. The van der Waals surface area contributed by atoms with Gasteiger partial charge in [0.2, 0.25) is 0 Å². The number of benzene rings is 1. The Labute approximate surface area is 102 Å². The molecular weight excluding hydrogens is 218 g/mol. The molecule has 0 spiro atoms. The number of ether oxygens (including phenoxy) is 3. The van der Waals surface area contributed by atoms with Gasteiger partial charge >= 0.3 is 0 Å². The van der Waals surface area contributed by atoms with Crippen LogP contribution in [0.25, 0.3) is 0 Å². The average Bonchev–Trinajstić information content (AvgIpc) is 2.38. The number of hydrogen-bond donors (Lipinski definition) is 1. The first-order valence-electron chi connectivity index (χ1n) is 6.01. The second-order valence-electron chi connectivity index (χ2n) is 4.20. The van der Waals surface area contributed by atoms with E-state index in [2.05, 4.69) is 0 Å². The molecule has 2 N–H and O–H groups in total. The molecule has 0 aromatic heterocycles. The molecule has 2 unspecified atom stereocenters. The van der Waals surface area contributed by atoms with E-state index in [1.165, 1.54) is 0 Å². The predicted octanol–water partition coefficient (Wildman–Crippen LogP) is 1.58. The van der Waals surface area contributed by atoms with E-state index in [4.69, 9.17) is 19.9 Å². The van der Waals surface area contributed by atoms with Gasteiger partial charge in [-0.2, -0.15) is 0 Å². The minimum atomic E-state index is -0.0473. The molecule has 17 heavy (non-hydrogen) atoms. The van der Waals surface area contributed by atoms with Crippen molar-refractivity contribution >= 4 is 0 Å². The molecular formula is C13H19NO3. The summed E-state index contributed by atoms with van der Waals surface area (Å²) in [7, 11) is 0. The smallest absolute Gasteiger partial charge is 0.161 e. The summed E-state index contributed by atoms with van der Waals surface area (Å²) in [5, 5.41) is 0. The van der Waals surface area contributed by atoms with Crippen LogP contribution in [0.15, 0.2) is 24.3 Å². The van der Waals surface area contributed by atoms with Crippen molar-refractivity contribution in [2.45, 2.75) is 25.5 Å². The summed E-state index contributed by atoms with van der Waals surface area (Å²) in [5.74, 6) is 1.58. The third-order valence-electron chi connectivity index (χ3n) is 2.73. The maximum Gasteiger partial charge on any atom is 0.161 e. The van der Waals surface area contributed by atoms with Crippen LogP contribution in [0.2, 0.25) is 0 Å². The Morgan fingerprint density at radius 3 is 2.94 bits per heavy atom. The van der Waals surface area contributed by atoms with E-state index in [-0.39, 0.29) is 12.1 Å². The number of nitrogens with two attached hydrogens (primary N) is 1. The van der Waals surface area contributed by atoms with Gasteiger partial charge in [-0.3, -0.25) is 0 Å². The lowest BCUT2D eigenvalue weighted by molar-refractivity contribution is 0.00490. The van der Waals surface area contributed by atoms with E-state index in [0.29, 0.717) is 19.8 Å². The van der Waals surface area contributed by atoms with Crippen molar-refractivity contribution < 1.29 is 14.2 Å². The molecule has 0 radical (unpaired) electrons. The lowest BCUT2D eigenvalue weighted by Gasteiger charge is -2.26. The highest BCUT2D eigenvalue weighted by atomic mass is 16.6. The second-order valence-corrected chi connectivity index (χ2v) is 4.20. The quantitative estimate of drug-likeness (QED) is 0.844. The SMILES string of the molecule is CCC(N)COCC1COc2ccccc2O1. The van der Waals surface area contributed by atoms with Gasteiger partial charge in [0.1, 0.15) is 6.61 Å². The third-order valence-corrected chi connectivity index (χ3v) is 2.73. The van der Waals surface area contributed by atoms with E-state index in [1.54, 1.807) is 0 Å². The Morgan fingerprint density at radius 1 is 1.41 bits per heavy atom. The summed E-state index contributed by atoms with van der Waals surface area (Å²) in [6, 6.07) is 7.77. The molecule has 1 aliphatic rings. The largest absolute Gasteiger partial charge is 0.486 e. The fraction of sp³-hybridized carbons (Fsp3) is 0.538. The van der Waals surface area contributed by atoms with E-state index in [1.807, 2.05) is 31.2 Å².